The minimum atomic E-state index is -0.464. The van der Waals surface area contributed by atoms with Crippen LogP contribution in [-0.4, -0.2) is 20.9 Å². The molecule has 7 nitrogen and oxygen atoms in total. The number of anilines is 1. The Labute approximate surface area is 165 Å². The van der Waals surface area contributed by atoms with Gasteiger partial charge in [0.2, 0.25) is 0 Å². The molecule has 27 heavy (non-hydrogen) atoms. The van der Waals surface area contributed by atoms with Crippen LogP contribution in [0.4, 0.5) is 11.4 Å². The van der Waals surface area contributed by atoms with Crippen LogP contribution in [0.5, 0.6) is 0 Å². The number of nitrogens with one attached hydrogen (secondary N) is 1. The molecular formula is C18H15Cl2N5O2. The second-order valence-corrected chi connectivity index (χ2v) is 6.48. The first-order chi connectivity index (χ1) is 13.0. The summed E-state index contributed by atoms with van der Waals surface area (Å²) in [5, 5.41) is 20.4. The summed E-state index contributed by atoms with van der Waals surface area (Å²) in [6.45, 7) is 2.26. The van der Waals surface area contributed by atoms with Gasteiger partial charge >= 0.3 is 0 Å². The quantitative estimate of drug-likeness (QED) is 0.360. The van der Waals surface area contributed by atoms with Crippen molar-refractivity contribution in [2.24, 2.45) is 5.10 Å². The zero-order valence-corrected chi connectivity index (χ0v) is 15.8. The van der Waals surface area contributed by atoms with E-state index < -0.39 is 4.92 Å². The molecule has 0 bridgehead atoms. The minimum Gasteiger partial charge on any atom is -0.278 e. The average Bonchev–Trinajstić information content (AvgIpc) is 2.91. The molecule has 2 aromatic carbocycles. The third-order valence-corrected chi connectivity index (χ3v) is 4.60. The summed E-state index contributed by atoms with van der Waals surface area (Å²) < 4.78 is 1.65. The van der Waals surface area contributed by atoms with Crippen LogP contribution >= 0.6 is 23.2 Å². The highest BCUT2D eigenvalue weighted by molar-refractivity contribution is 6.32. The normalized spacial score (nSPS) is 11.1. The first-order valence-corrected chi connectivity index (χ1v) is 8.71. The Morgan fingerprint density at radius 1 is 1.26 bits per heavy atom. The number of hydrazone groups is 1. The summed E-state index contributed by atoms with van der Waals surface area (Å²) in [6, 6.07) is 13.5. The van der Waals surface area contributed by atoms with Gasteiger partial charge in [-0.15, -0.1) is 0 Å². The van der Waals surface area contributed by atoms with Gasteiger partial charge in [-0.3, -0.25) is 15.5 Å². The van der Waals surface area contributed by atoms with Gasteiger partial charge in [-0.2, -0.15) is 10.2 Å². The van der Waals surface area contributed by atoms with Gasteiger partial charge in [-0.05, 0) is 24.6 Å². The Bertz CT molecular complexity index is 1020. The maximum Gasteiger partial charge on any atom is 0.271 e. The fourth-order valence-corrected chi connectivity index (χ4v) is 2.95. The lowest BCUT2D eigenvalue weighted by atomic mass is 10.2. The Kier molecular flexibility index (Phi) is 5.73. The van der Waals surface area contributed by atoms with E-state index in [2.05, 4.69) is 15.6 Å². The molecule has 1 N–H and O–H groups in total. The number of aryl methyl sites for hydroxylation is 1. The summed E-state index contributed by atoms with van der Waals surface area (Å²) in [7, 11) is 0. The smallest absolute Gasteiger partial charge is 0.271 e. The highest BCUT2D eigenvalue weighted by Crippen LogP contribution is 2.22. The van der Waals surface area contributed by atoms with Crippen LogP contribution in [0.3, 0.4) is 0 Å². The lowest BCUT2D eigenvalue weighted by molar-refractivity contribution is -0.384. The van der Waals surface area contributed by atoms with Crippen molar-refractivity contribution < 1.29 is 4.92 Å². The van der Waals surface area contributed by atoms with Crippen molar-refractivity contribution in [1.82, 2.24) is 9.78 Å². The van der Waals surface area contributed by atoms with E-state index in [-0.39, 0.29) is 5.69 Å². The van der Waals surface area contributed by atoms with Crippen molar-refractivity contribution in [3.05, 3.63) is 85.6 Å². The zero-order chi connectivity index (χ0) is 19.4. The van der Waals surface area contributed by atoms with Crippen LogP contribution < -0.4 is 5.43 Å². The number of halogens is 2. The first-order valence-electron chi connectivity index (χ1n) is 7.95. The molecule has 1 aromatic heterocycles. The highest BCUT2D eigenvalue weighted by Gasteiger charge is 2.13. The van der Waals surface area contributed by atoms with Crippen molar-refractivity contribution in [2.75, 3.05) is 5.43 Å². The number of nitrogens with zero attached hydrogens (tertiary/aromatic N) is 4. The van der Waals surface area contributed by atoms with Crippen molar-refractivity contribution >= 4 is 40.8 Å². The molecule has 0 radical (unpaired) electrons. The summed E-state index contributed by atoms with van der Waals surface area (Å²) in [5.74, 6) is 0. The van der Waals surface area contributed by atoms with E-state index in [1.54, 1.807) is 16.8 Å². The number of nitro groups is 1. The van der Waals surface area contributed by atoms with Crippen molar-refractivity contribution in [1.29, 1.82) is 0 Å². The summed E-state index contributed by atoms with van der Waals surface area (Å²) in [4.78, 5) is 10.4. The number of hydrogen-bond acceptors (Lipinski definition) is 5. The molecule has 0 saturated heterocycles. The fraction of sp³-hybridized carbons (Fsp3) is 0.111. The topological polar surface area (TPSA) is 85.3 Å². The molecule has 0 fully saturated rings. The Hall–Kier alpha value is -2.90. The SMILES string of the molecule is Cc1nn(Cc2ccccc2Cl)c(Cl)c1/C=N\Nc1cccc([N+](=O)[O-])c1. The molecule has 0 spiro atoms. The van der Waals surface area contributed by atoms with Crippen LogP contribution in [0.15, 0.2) is 53.6 Å². The number of non-ortho nitro benzene ring substituents is 1. The van der Waals surface area contributed by atoms with E-state index in [0.717, 1.165) is 5.56 Å². The Morgan fingerprint density at radius 2 is 2.04 bits per heavy atom. The van der Waals surface area contributed by atoms with E-state index in [1.807, 2.05) is 31.2 Å². The molecule has 0 saturated carbocycles. The lowest BCUT2D eigenvalue weighted by Gasteiger charge is -2.05. The third-order valence-electron chi connectivity index (χ3n) is 3.83. The van der Waals surface area contributed by atoms with E-state index in [0.29, 0.717) is 33.7 Å². The van der Waals surface area contributed by atoms with Gasteiger partial charge < -0.3 is 0 Å². The van der Waals surface area contributed by atoms with Crippen LogP contribution in [0, 0.1) is 17.0 Å². The molecule has 0 atom stereocenters. The zero-order valence-electron chi connectivity index (χ0n) is 14.3. The Balaban J connectivity index is 1.77. The Morgan fingerprint density at radius 3 is 2.78 bits per heavy atom. The average molecular weight is 404 g/mol. The molecular weight excluding hydrogens is 389 g/mol. The number of aromatic nitrogens is 2. The summed E-state index contributed by atoms with van der Waals surface area (Å²) >= 11 is 12.6. The molecule has 0 aliphatic rings. The van der Waals surface area contributed by atoms with E-state index >= 15 is 0 Å². The molecule has 3 rings (SSSR count). The molecule has 138 valence electrons. The molecule has 0 aliphatic heterocycles. The monoisotopic (exact) mass is 403 g/mol. The van der Waals surface area contributed by atoms with Gasteiger partial charge in [0.1, 0.15) is 5.15 Å². The van der Waals surface area contributed by atoms with Gasteiger partial charge in [0.15, 0.2) is 0 Å². The third kappa shape index (κ3) is 4.45. The second-order valence-electron chi connectivity index (χ2n) is 5.72. The molecule has 3 aromatic rings. The van der Waals surface area contributed by atoms with Gasteiger partial charge in [-0.1, -0.05) is 47.5 Å². The van der Waals surface area contributed by atoms with Gasteiger partial charge in [-0.25, -0.2) is 4.68 Å². The maximum atomic E-state index is 10.8. The molecule has 1 heterocycles. The number of benzene rings is 2. The van der Waals surface area contributed by atoms with E-state index in [9.17, 15) is 10.1 Å². The largest absolute Gasteiger partial charge is 0.278 e. The van der Waals surface area contributed by atoms with E-state index in [1.165, 1.54) is 18.3 Å². The molecule has 0 aliphatic carbocycles. The standard InChI is InChI=1S/C18H15Cl2N5O2/c1-12-16(10-21-22-14-6-4-7-15(9-14)25(26)27)18(20)24(23-12)11-13-5-2-3-8-17(13)19/h2-10,22H,11H2,1H3/b21-10-. The number of hydrogen-bond donors (Lipinski definition) is 1. The lowest BCUT2D eigenvalue weighted by Crippen LogP contribution is -2.02. The van der Waals surface area contributed by atoms with Gasteiger partial charge in [0.25, 0.3) is 5.69 Å². The predicted octanol–water partition coefficient (Wildman–Crippen LogP) is 4.90. The van der Waals surface area contributed by atoms with Crippen LogP contribution in [0.2, 0.25) is 10.2 Å². The van der Waals surface area contributed by atoms with Gasteiger partial charge in [0, 0.05) is 17.2 Å². The molecule has 0 unspecified atom stereocenters. The van der Waals surface area contributed by atoms with Crippen molar-refractivity contribution in [2.45, 2.75) is 13.5 Å². The first kappa shape index (κ1) is 18.9. The molecule has 9 heteroatoms. The van der Waals surface area contributed by atoms with Crippen LogP contribution in [0.25, 0.3) is 0 Å². The van der Waals surface area contributed by atoms with E-state index in [4.69, 9.17) is 23.2 Å². The predicted molar refractivity (Wildman–Crippen MR) is 107 cm³/mol. The van der Waals surface area contributed by atoms with Crippen LogP contribution in [0.1, 0.15) is 16.8 Å². The maximum absolute atomic E-state index is 10.8. The van der Waals surface area contributed by atoms with Crippen molar-refractivity contribution in [3.63, 3.8) is 0 Å². The van der Waals surface area contributed by atoms with Crippen molar-refractivity contribution in [3.8, 4) is 0 Å². The number of rotatable bonds is 6. The molecule has 0 amide bonds. The minimum absolute atomic E-state index is 0.0167. The summed E-state index contributed by atoms with van der Waals surface area (Å²) in [6.07, 6.45) is 1.53. The van der Waals surface area contributed by atoms with Gasteiger partial charge in [0.05, 0.1) is 34.6 Å². The fourth-order valence-electron chi connectivity index (χ4n) is 2.47. The van der Waals surface area contributed by atoms with Crippen LogP contribution in [-0.2, 0) is 6.54 Å². The highest BCUT2D eigenvalue weighted by atomic mass is 35.5. The summed E-state index contributed by atoms with van der Waals surface area (Å²) in [5.41, 5.74) is 5.50. The second kappa shape index (κ2) is 8.20. The number of nitro benzene ring substituents is 1.